The molecule has 2 unspecified atom stereocenters. The summed E-state index contributed by atoms with van der Waals surface area (Å²) >= 11 is 0. The first kappa shape index (κ1) is 20.9. The van der Waals surface area contributed by atoms with Gasteiger partial charge in [-0.15, -0.1) is 0 Å². The van der Waals surface area contributed by atoms with Gasteiger partial charge in [0.1, 0.15) is 5.82 Å². The van der Waals surface area contributed by atoms with Crippen LogP contribution in [0.15, 0.2) is 6.07 Å². The maximum atomic E-state index is 12.2. The van der Waals surface area contributed by atoms with E-state index in [-0.39, 0.29) is 23.3 Å². The normalized spacial score (nSPS) is 20.3. The summed E-state index contributed by atoms with van der Waals surface area (Å²) in [6, 6.07) is 1.60. The van der Waals surface area contributed by atoms with Gasteiger partial charge in [0.15, 0.2) is 6.29 Å². The molecule has 9 heteroatoms. The Morgan fingerprint density at radius 1 is 1.33 bits per heavy atom. The van der Waals surface area contributed by atoms with Gasteiger partial charge < -0.3 is 16.0 Å². The van der Waals surface area contributed by atoms with E-state index in [0.29, 0.717) is 24.5 Å². The number of nitrogens with one attached hydrogen (secondary N) is 4. The highest BCUT2D eigenvalue weighted by atomic mass is 16.2. The molecule has 0 saturated carbocycles. The zero-order valence-electron chi connectivity index (χ0n) is 16.8. The van der Waals surface area contributed by atoms with E-state index in [2.05, 4.69) is 47.1 Å². The smallest absolute Gasteiger partial charge is 0.314 e. The predicted octanol–water partition coefficient (Wildman–Crippen LogP) is 0.883. The van der Waals surface area contributed by atoms with E-state index >= 15 is 0 Å². The molecule has 27 heavy (non-hydrogen) atoms. The van der Waals surface area contributed by atoms with Gasteiger partial charge in [0.25, 0.3) is 0 Å². The van der Waals surface area contributed by atoms with Crippen LogP contribution in [0.3, 0.4) is 0 Å². The number of amides is 3. The number of aryl methyl sites for hydroxylation is 1. The van der Waals surface area contributed by atoms with Gasteiger partial charge in [-0.3, -0.25) is 19.7 Å². The summed E-state index contributed by atoms with van der Waals surface area (Å²) in [5.74, 6) is -0.998. The molecule has 0 spiro atoms. The first-order valence-electron chi connectivity index (χ1n) is 9.18. The Bertz CT molecular complexity index is 719. The van der Waals surface area contributed by atoms with Crippen molar-refractivity contribution in [1.29, 1.82) is 0 Å². The minimum Gasteiger partial charge on any atom is -0.348 e. The number of hydrogen-bond acceptors (Lipinski definition) is 5. The molecule has 0 aliphatic carbocycles. The van der Waals surface area contributed by atoms with Crippen LogP contribution in [0.2, 0.25) is 0 Å². The fourth-order valence-electron chi connectivity index (χ4n) is 2.73. The number of anilines is 1. The van der Waals surface area contributed by atoms with Gasteiger partial charge in [-0.2, -0.15) is 5.10 Å². The number of carbonyl (C=O) groups is 3. The standard InChI is InChI=1S/C18H30N6O3/c1-10(2)9-19-15(26)16(27)21-13-7-11(3)23-24(13)17-20-12(18(4,5)6)8-14(25)22-17/h7,10,12,17,20H,8-9H2,1-6H3,(H,19,26)(H,21,27)(H,22,25). The molecule has 1 aromatic heterocycles. The number of hydrogen-bond donors (Lipinski definition) is 4. The monoisotopic (exact) mass is 378 g/mol. The van der Waals surface area contributed by atoms with Crippen molar-refractivity contribution in [3.63, 3.8) is 0 Å². The molecule has 1 saturated heterocycles. The topological polar surface area (TPSA) is 117 Å². The number of nitrogens with zero attached hydrogens (tertiary/aromatic N) is 2. The van der Waals surface area contributed by atoms with Crippen LogP contribution in [-0.2, 0) is 14.4 Å². The van der Waals surface area contributed by atoms with Gasteiger partial charge in [-0.1, -0.05) is 34.6 Å². The second-order valence-electron chi connectivity index (χ2n) is 8.43. The van der Waals surface area contributed by atoms with E-state index < -0.39 is 18.1 Å². The van der Waals surface area contributed by atoms with E-state index in [1.807, 2.05) is 13.8 Å². The second kappa shape index (κ2) is 8.08. The summed E-state index contributed by atoms with van der Waals surface area (Å²) in [6.07, 6.45) is -0.252. The van der Waals surface area contributed by atoms with Gasteiger partial charge >= 0.3 is 11.8 Å². The molecule has 3 amide bonds. The summed E-state index contributed by atoms with van der Waals surface area (Å²) in [5.41, 5.74) is 0.528. The summed E-state index contributed by atoms with van der Waals surface area (Å²) in [7, 11) is 0. The van der Waals surface area contributed by atoms with Crippen molar-refractivity contribution in [2.24, 2.45) is 11.3 Å². The average molecular weight is 378 g/mol. The van der Waals surface area contributed by atoms with E-state index in [4.69, 9.17) is 0 Å². The van der Waals surface area contributed by atoms with Crippen LogP contribution in [0.5, 0.6) is 0 Å². The highest BCUT2D eigenvalue weighted by molar-refractivity contribution is 6.39. The molecular formula is C18H30N6O3. The van der Waals surface area contributed by atoms with Crippen LogP contribution in [0.25, 0.3) is 0 Å². The van der Waals surface area contributed by atoms with Gasteiger partial charge in [0.05, 0.1) is 5.69 Å². The molecule has 150 valence electrons. The van der Waals surface area contributed by atoms with E-state index in [1.54, 1.807) is 13.0 Å². The largest absolute Gasteiger partial charge is 0.348 e. The molecule has 1 fully saturated rings. The van der Waals surface area contributed by atoms with Crippen molar-refractivity contribution in [1.82, 2.24) is 25.7 Å². The molecular weight excluding hydrogens is 348 g/mol. The lowest BCUT2D eigenvalue weighted by atomic mass is 9.84. The predicted molar refractivity (Wildman–Crippen MR) is 102 cm³/mol. The van der Waals surface area contributed by atoms with Gasteiger partial charge in [-0.05, 0) is 18.3 Å². The van der Waals surface area contributed by atoms with E-state index in [1.165, 1.54) is 4.68 Å². The average Bonchev–Trinajstić information content (AvgIpc) is 2.91. The Hall–Kier alpha value is -2.42. The summed E-state index contributed by atoms with van der Waals surface area (Å²) < 4.78 is 1.48. The van der Waals surface area contributed by atoms with Crippen LogP contribution in [0.4, 0.5) is 5.82 Å². The van der Waals surface area contributed by atoms with E-state index in [9.17, 15) is 14.4 Å². The maximum Gasteiger partial charge on any atom is 0.314 e. The third-order valence-corrected chi connectivity index (χ3v) is 4.31. The number of carbonyl (C=O) groups excluding carboxylic acids is 3. The Morgan fingerprint density at radius 3 is 2.59 bits per heavy atom. The van der Waals surface area contributed by atoms with Crippen LogP contribution in [0.1, 0.15) is 53.0 Å². The third-order valence-electron chi connectivity index (χ3n) is 4.31. The van der Waals surface area contributed by atoms with Crippen LogP contribution in [-0.4, -0.2) is 40.1 Å². The van der Waals surface area contributed by atoms with Crippen molar-refractivity contribution in [2.75, 3.05) is 11.9 Å². The minimum absolute atomic E-state index is 0.0568. The molecule has 2 rings (SSSR count). The first-order chi connectivity index (χ1) is 12.5. The molecule has 0 bridgehead atoms. The van der Waals surface area contributed by atoms with Crippen molar-refractivity contribution in [3.8, 4) is 0 Å². The van der Waals surface area contributed by atoms with Crippen LogP contribution < -0.4 is 21.3 Å². The number of rotatable bonds is 4. The molecule has 1 aromatic rings. The van der Waals surface area contributed by atoms with Crippen molar-refractivity contribution in [3.05, 3.63) is 11.8 Å². The fourth-order valence-corrected chi connectivity index (χ4v) is 2.73. The van der Waals surface area contributed by atoms with Crippen LogP contribution in [0, 0.1) is 18.3 Å². The third kappa shape index (κ3) is 5.53. The van der Waals surface area contributed by atoms with Crippen molar-refractivity contribution < 1.29 is 14.4 Å². The minimum atomic E-state index is -0.772. The fraction of sp³-hybridized carbons (Fsp3) is 0.667. The first-order valence-corrected chi connectivity index (χ1v) is 9.18. The van der Waals surface area contributed by atoms with Gasteiger partial charge in [-0.25, -0.2) is 4.68 Å². The summed E-state index contributed by atoms with van der Waals surface area (Å²) in [6.45, 7) is 12.2. The summed E-state index contributed by atoms with van der Waals surface area (Å²) in [5, 5.41) is 15.7. The molecule has 4 N–H and O–H groups in total. The SMILES string of the molecule is Cc1cc(NC(=O)C(=O)NCC(C)C)n(C2NC(=O)CC(C(C)(C)C)N2)n1. The Kier molecular flexibility index (Phi) is 6.25. The Morgan fingerprint density at radius 2 is 2.00 bits per heavy atom. The molecule has 9 nitrogen and oxygen atoms in total. The lowest BCUT2D eigenvalue weighted by molar-refractivity contribution is -0.136. The number of aromatic nitrogens is 2. The lowest BCUT2D eigenvalue weighted by Gasteiger charge is -2.39. The van der Waals surface area contributed by atoms with Crippen molar-refractivity contribution in [2.45, 2.75) is 60.3 Å². The Balaban J connectivity index is 2.16. The molecule has 0 radical (unpaired) electrons. The molecule has 2 heterocycles. The molecule has 2 atom stereocenters. The quantitative estimate of drug-likeness (QED) is 0.580. The molecule has 1 aliphatic heterocycles. The molecule has 1 aliphatic rings. The Labute approximate surface area is 159 Å². The van der Waals surface area contributed by atoms with E-state index in [0.717, 1.165) is 0 Å². The lowest BCUT2D eigenvalue weighted by Crippen LogP contribution is -2.57. The second-order valence-corrected chi connectivity index (χ2v) is 8.43. The van der Waals surface area contributed by atoms with Gasteiger partial charge in [0, 0.05) is 25.1 Å². The zero-order valence-corrected chi connectivity index (χ0v) is 16.8. The summed E-state index contributed by atoms with van der Waals surface area (Å²) in [4.78, 5) is 36.3. The van der Waals surface area contributed by atoms with Gasteiger partial charge in [0.2, 0.25) is 5.91 Å². The van der Waals surface area contributed by atoms with Crippen LogP contribution >= 0.6 is 0 Å². The highest BCUT2D eigenvalue weighted by Crippen LogP contribution is 2.26. The zero-order chi connectivity index (χ0) is 20.4. The molecule has 0 aromatic carbocycles. The highest BCUT2D eigenvalue weighted by Gasteiger charge is 2.35. The maximum absolute atomic E-state index is 12.2. The van der Waals surface area contributed by atoms with Crippen molar-refractivity contribution >= 4 is 23.5 Å².